The summed E-state index contributed by atoms with van der Waals surface area (Å²) in [5.74, 6) is 0.157. The molecule has 5 heteroatoms. The first-order chi connectivity index (χ1) is 10.00. The molecule has 118 valence electrons. The topological polar surface area (TPSA) is 44.1 Å². The number of aromatic nitrogens is 2. The minimum atomic E-state index is -0.614. The Kier molecular flexibility index (Phi) is 5.44. The Morgan fingerprint density at radius 2 is 1.95 bits per heavy atom. The third-order valence-corrected chi connectivity index (χ3v) is 4.92. The van der Waals surface area contributed by atoms with Crippen LogP contribution in [0.15, 0.2) is 0 Å². The van der Waals surface area contributed by atoms with Crippen molar-refractivity contribution in [1.82, 2.24) is 9.78 Å². The molecule has 1 heterocycles. The predicted molar refractivity (Wildman–Crippen MR) is 83.7 cm³/mol. The van der Waals surface area contributed by atoms with Crippen LogP contribution < -0.4 is 0 Å². The second-order valence-corrected chi connectivity index (χ2v) is 6.28. The number of nitrogens with zero attached hydrogens (tertiary/aromatic N) is 2. The number of ketones is 1. The van der Waals surface area contributed by atoms with Gasteiger partial charge >= 0.3 is 0 Å². The second kappa shape index (κ2) is 6.93. The first kappa shape index (κ1) is 16.5. The van der Waals surface area contributed by atoms with Gasteiger partial charge in [-0.25, -0.2) is 0 Å². The van der Waals surface area contributed by atoms with Gasteiger partial charge in [0.2, 0.25) is 0 Å². The molecule has 0 amide bonds. The van der Waals surface area contributed by atoms with Crippen molar-refractivity contribution in [1.29, 1.82) is 0 Å². The maximum absolute atomic E-state index is 12.9. The molecule has 1 aliphatic rings. The summed E-state index contributed by atoms with van der Waals surface area (Å²) in [6.07, 6.45) is 6.48. The summed E-state index contributed by atoms with van der Waals surface area (Å²) in [7, 11) is 1.80. The van der Waals surface area contributed by atoms with Crippen LogP contribution in [-0.2, 0) is 23.0 Å². The standard InChI is InChI=1S/C16H25ClN2O2/c1-4-21-16(9-7-5-6-8-10-16)14(20)11-13-12(2)18-19(3)15(13)17/h4-11H2,1-3H3. The van der Waals surface area contributed by atoms with Crippen molar-refractivity contribution >= 4 is 17.4 Å². The highest BCUT2D eigenvalue weighted by molar-refractivity contribution is 6.30. The third kappa shape index (κ3) is 3.49. The van der Waals surface area contributed by atoms with E-state index in [-0.39, 0.29) is 5.78 Å². The van der Waals surface area contributed by atoms with Gasteiger partial charge in [-0.3, -0.25) is 9.48 Å². The predicted octanol–water partition coefficient (Wildman–Crippen LogP) is 3.62. The fourth-order valence-corrected chi connectivity index (χ4v) is 3.52. The molecule has 0 atom stereocenters. The van der Waals surface area contributed by atoms with E-state index in [2.05, 4.69) is 5.10 Å². The van der Waals surface area contributed by atoms with Crippen LogP contribution in [0, 0.1) is 6.92 Å². The van der Waals surface area contributed by atoms with Crippen LogP contribution in [0.5, 0.6) is 0 Å². The quantitative estimate of drug-likeness (QED) is 0.780. The van der Waals surface area contributed by atoms with Gasteiger partial charge in [-0.2, -0.15) is 5.10 Å². The lowest BCUT2D eigenvalue weighted by Crippen LogP contribution is -2.42. The third-order valence-electron chi connectivity index (χ3n) is 4.45. The van der Waals surface area contributed by atoms with Gasteiger partial charge in [0.05, 0.1) is 5.69 Å². The van der Waals surface area contributed by atoms with Gasteiger partial charge < -0.3 is 4.74 Å². The number of carbonyl (C=O) groups is 1. The number of hydrogen-bond acceptors (Lipinski definition) is 3. The minimum absolute atomic E-state index is 0.157. The summed E-state index contributed by atoms with van der Waals surface area (Å²) >= 11 is 6.26. The van der Waals surface area contributed by atoms with Crippen LogP contribution in [0.25, 0.3) is 0 Å². The smallest absolute Gasteiger partial charge is 0.169 e. The SMILES string of the molecule is CCOC1(C(=O)Cc2c(C)nn(C)c2Cl)CCCCCC1. The summed E-state index contributed by atoms with van der Waals surface area (Å²) in [4.78, 5) is 12.9. The Balaban J connectivity index is 2.22. The Morgan fingerprint density at radius 3 is 2.43 bits per heavy atom. The van der Waals surface area contributed by atoms with Crippen LogP contribution in [0.4, 0.5) is 0 Å². The number of carbonyl (C=O) groups excluding carboxylic acids is 1. The van der Waals surface area contributed by atoms with Crippen molar-refractivity contribution in [2.24, 2.45) is 7.05 Å². The molecular formula is C16H25ClN2O2. The van der Waals surface area contributed by atoms with Crippen LogP contribution in [0.2, 0.25) is 5.15 Å². The molecule has 1 saturated carbocycles. The molecule has 0 aliphatic heterocycles. The normalized spacial score (nSPS) is 18.5. The lowest BCUT2D eigenvalue weighted by Gasteiger charge is -2.31. The van der Waals surface area contributed by atoms with Crippen molar-refractivity contribution in [2.75, 3.05) is 6.61 Å². The first-order valence-corrected chi connectivity index (χ1v) is 8.23. The highest BCUT2D eigenvalue weighted by Gasteiger charge is 2.39. The lowest BCUT2D eigenvalue weighted by molar-refractivity contribution is -0.145. The molecule has 4 nitrogen and oxygen atoms in total. The Hall–Kier alpha value is -0.870. The molecule has 1 aliphatic carbocycles. The fourth-order valence-electron chi connectivity index (χ4n) is 3.28. The summed E-state index contributed by atoms with van der Waals surface area (Å²) in [6, 6.07) is 0. The summed E-state index contributed by atoms with van der Waals surface area (Å²) in [6.45, 7) is 4.43. The van der Waals surface area contributed by atoms with E-state index < -0.39 is 5.60 Å². The fraction of sp³-hybridized carbons (Fsp3) is 0.750. The van der Waals surface area contributed by atoms with E-state index in [4.69, 9.17) is 16.3 Å². The minimum Gasteiger partial charge on any atom is -0.367 e. The van der Waals surface area contributed by atoms with Crippen molar-refractivity contribution in [2.45, 2.75) is 64.4 Å². The van der Waals surface area contributed by atoms with Crippen molar-refractivity contribution in [3.05, 3.63) is 16.4 Å². The highest BCUT2D eigenvalue weighted by atomic mass is 35.5. The van der Waals surface area contributed by atoms with E-state index in [0.29, 0.717) is 18.2 Å². The van der Waals surface area contributed by atoms with Gasteiger partial charge in [-0.1, -0.05) is 37.3 Å². The molecule has 0 N–H and O–H groups in total. The van der Waals surface area contributed by atoms with Gasteiger partial charge in [-0.15, -0.1) is 0 Å². The maximum Gasteiger partial charge on any atom is 0.169 e. The molecular weight excluding hydrogens is 288 g/mol. The van der Waals surface area contributed by atoms with E-state index in [1.807, 2.05) is 13.8 Å². The molecule has 0 saturated heterocycles. The van der Waals surface area contributed by atoms with Crippen molar-refractivity contribution < 1.29 is 9.53 Å². The van der Waals surface area contributed by atoms with Crippen molar-refractivity contribution in [3.63, 3.8) is 0 Å². The molecule has 2 rings (SSSR count). The van der Waals surface area contributed by atoms with Gasteiger partial charge in [0, 0.05) is 25.6 Å². The number of rotatable bonds is 5. The van der Waals surface area contributed by atoms with Crippen molar-refractivity contribution in [3.8, 4) is 0 Å². The lowest BCUT2D eigenvalue weighted by atomic mass is 9.86. The maximum atomic E-state index is 12.9. The number of aryl methyl sites for hydroxylation is 2. The summed E-state index contributed by atoms with van der Waals surface area (Å²) in [5, 5.41) is 4.84. The average molecular weight is 313 g/mol. The zero-order chi connectivity index (χ0) is 15.5. The van der Waals surface area contributed by atoms with E-state index in [0.717, 1.165) is 36.9 Å². The van der Waals surface area contributed by atoms with Gasteiger partial charge in [0.15, 0.2) is 5.78 Å². The van der Waals surface area contributed by atoms with Crippen LogP contribution >= 0.6 is 11.6 Å². The Labute approximate surface area is 131 Å². The summed E-state index contributed by atoms with van der Waals surface area (Å²) in [5.41, 5.74) is 1.06. The van der Waals surface area contributed by atoms with Crippen LogP contribution in [0.1, 0.15) is 56.7 Å². The van der Waals surface area contributed by atoms with Crippen LogP contribution in [-0.4, -0.2) is 27.8 Å². The van der Waals surface area contributed by atoms with Gasteiger partial charge in [-0.05, 0) is 26.7 Å². The number of halogens is 1. The molecule has 21 heavy (non-hydrogen) atoms. The number of Topliss-reactive ketones (excluding diaryl/α,β-unsaturated/α-hetero) is 1. The average Bonchev–Trinajstić information content (AvgIpc) is 2.65. The molecule has 0 spiro atoms. The van der Waals surface area contributed by atoms with Gasteiger partial charge in [0.25, 0.3) is 0 Å². The van der Waals surface area contributed by atoms with E-state index >= 15 is 0 Å². The molecule has 1 aromatic rings. The van der Waals surface area contributed by atoms with E-state index in [9.17, 15) is 4.79 Å². The molecule has 1 aromatic heterocycles. The van der Waals surface area contributed by atoms with E-state index in [1.165, 1.54) is 12.8 Å². The summed E-state index contributed by atoms with van der Waals surface area (Å²) < 4.78 is 7.58. The van der Waals surface area contributed by atoms with Crippen LogP contribution in [0.3, 0.4) is 0 Å². The molecule has 0 aromatic carbocycles. The molecule has 0 unspecified atom stereocenters. The Bertz CT molecular complexity index is 503. The zero-order valence-corrected chi connectivity index (χ0v) is 14.0. The largest absolute Gasteiger partial charge is 0.367 e. The molecule has 0 bridgehead atoms. The highest BCUT2D eigenvalue weighted by Crippen LogP contribution is 2.33. The zero-order valence-electron chi connectivity index (χ0n) is 13.2. The van der Waals surface area contributed by atoms with Gasteiger partial charge in [0.1, 0.15) is 10.8 Å². The Morgan fingerprint density at radius 1 is 1.33 bits per heavy atom. The second-order valence-electron chi connectivity index (χ2n) is 5.92. The molecule has 0 radical (unpaired) electrons. The number of ether oxygens (including phenoxy) is 1. The van der Waals surface area contributed by atoms with E-state index in [1.54, 1.807) is 11.7 Å². The monoisotopic (exact) mass is 312 g/mol. The number of hydrogen-bond donors (Lipinski definition) is 0. The first-order valence-electron chi connectivity index (χ1n) is 7.85. The molecule has 1 fully saturated rings.